The molecule has 0 spiro atoms. The fraction of sp³-hybridized carbons (Fsp3) is 0.733. The highest BCUT2D eigenvalue weighted by Crippen LogP contribution is 2.27. The van der Waals surface area contributed by atoms with E-state index in [1.807, 2.05) is 11.3 Å². The van der Waals surface area contributed by atoms with Crippen LogP contribution in [-0.4, -0.2) is 31.1 Å². The molecule has 0 aliphatic rings. The Morgan fingerprint density at radius 1 is 1.39 bits per heavy atom. The molecule has 0 aliphatic carbocycles. The van der Waals surface area contributed by atoms with Gasteiger partial charge in [0.1, 0.15) is 0 Å². The summed E-state index contributed by atoms with van der Waals surface area (Å²) in [6, 6.07) is 4.94. The van der Waals surface area contributed by atoms with Gasteiger partial charge in [0.25, 0.3) is 0 Å². The fourth-order valence-corrected chi connectivity index (χ4v) is 3.21. The van der Waals surface area contributed by atoms with Gasteiger partial charge in [-0.1, -0.05) is 19.9 Å². The molecule has 1 unspecified atom stereocenters. The Balaban J connectivity index is 2.55. The van der Waals surface area contributed by atoms with Gasteiger partial charge in [-0.25, -0.2) is 0 Å². The number of hydrogen-bond donors (Lipinski definition) is 1. The average Bonchev–Trinajstić information content (AvgIpc) is 2.88. The first kappa shape index (κ1) is 15.7. The van der Waals surface area contributed by atoms with Gasteiger partial charge in [0.15, 0.2) is 0 Å². The molecule has 0 fully saturated rings. The third-order valence-corrected chi connectivity index (χ3v) is 5.25. The van der Waals surface area contributed by atoms with Crippen LogP contribution in [0, 0.1) is 5.41 Å². The lowest BCUT2D eigenvalue weighted by Gasteiger charge is -2.37. The summed E-state index contributed by atoms with van der Waals surface area (Å²) in [7, 11) is 2.23. The second kappa shape index (κ2) is 7.27. The lowest BCUT2D eigenvalue weighted by Crippen LogP contribution is -2.44. The SMILES string of the molecule is CCC(CC)(CN)CN(C)C(C)Cc1cccs1. The first-order valence-corrected chi connectivity index (χ1v) is 7.87. The Bertz CT molecular complexity index is 309. The second-order valence-electron chi connectivity index (χ2n) is 5.46. The van der Waals surface area contributed by atoms with Gasteiger partial charge in [-0.15, -0.1) is 11.3 Å². The molecule has 1 aromatic heterocycles. The predicted molar refractivity (Wildman–Crippen MR) is 82.2 cm³/mol. The minimum absolute atomic E-state index is 0.290. The highest BCUT2D eigenvalue weighted by molar-refractivity contribution is 7.09. The van der Waals surface area contributed by atoms with Crippen molar-refractivity contribution in [1.82, 2.24) is 4.90 Å². The van der Waals surface area contributed by atoms with E-state index in [4.69, 9.17) is 5.73 Å². The van der Waals surface area contributed by atoms with Crippen molar-refractivity contribution in [2.75, 3.05) is 20.1 Å². The van der Waals surface area contributed by atoms with Crippen LogP contribution in [0.4, 0.5) is 0 Å². The Hall–Kier alpha value is -0.380. The van der Waals surface area contributed by atoms with Crippen LogP contribution >= 0.6 is 11.3 Å². The molecule has 0 saturated heterocycles. The van der Waals surface area contributed by atoms with E-state index >= 15 is 0 Å². The molecule has 0 amide bonds. The van der Waals surface area contributed by atoms with E-state index in [1.54, 1.807) is 0 Å². The molecule has 1 aromatic rings. The maximum atomic E-state index is 5.99. The van der Waals surface area contributed by atoms with Gasteiger partial charge >= 0.3 is 0 Å². The number of rotatable bonds is 8. The lowest BCUT2D eigenvalue weighted by atomic mass is 9.81. The number of hydrogen-bond acceptors (Lipinski definition) is 3. The van der Waals surface area contributed by atoms with Crippen molar-refractivity contribution in [2.45, 2.75) is 46.1 Å². The molecule has 0 bridgehead atoms. The highest BCUT2D eigenvalue weighted by Gasteiger charge is 2.27. The number of nitrogens with two attached hydrogens (primary N) is 1. The summed E-state index contributed by atoms with van der Waals surface area (Å²) < 4.78 is 0. The molecule has 0 aromatic carbocycles. The number of nitrogens with zero attached hydrogens (tertiary/aromatic N) is 1. The van der Waals surface area contributed by atoms with Gasteiger partial charge in [-0.2, -0.15) is 0 Å². The quantitative estimate of drug-likeness (QED) is 0.783. The first-order valence-electron chi connectivity index (χ1n) is 6.99. The Morgan fingerprint density at radius 3 is 2.50 bits per heavy atom. The zero-order valence-corrected chi connectivity index (χ0v) is 13.1. The Morgan fingerprint density at radius 2 is 2.06 bits per heavy atom. The minimum Gasteiger partial charge on any atom is -0.330 e. The maximum absolute atomic E-state index is 5.99. The minimum atomic E-state index is 0.290. The molecular formula is C15H28N2S. The van der Waals surface area contributed by atoms with Crippen LogP contribution in [0.3, 0.4) is 0 Å². The first-order chi connectivity index (χ1) is 8.56. The van der Waals surface area contributed by atoms with Crippen LogP contribution < -0.4 is 5.73 Å². The van der Waals surface area contributed by atoms with Crippen molar-refractivity contribution in [2.24, 2.45) is 11.1 Å². The summed E-state index contributed by atoms with van der Waals surface area (Å²) in [5, 5.41) is 2.16. The van der Waals surface area contributed by atoms with E-state index in [2.05, 4.69) is 50.2 Å². The monoisotopic (exact) mass is 268 g/mol. The fourth-order valence-electron chi connectivity index (χ4n) is 2.39. The Labute approximate surface area is 116 Å². The molecule has 2 N–H and O–H groups in total. The van der Waals surface area contributed by atoms with Crippen molar-refractivity contribution >= 4 is 11.3 Å². The van der Waals surface area contributed by atoms with Crippen LogP contribution in [0.25, 0.3) is 0 Å². The Kier molecular flexibility index (Phi) is 6.33. The number of thiophene rings is 1. The van der Waals surface area contributed by atoms with Gasteiger partial charge in [0.2, 0.25) is 0 Å². The maximum Gasteiger partial charge on any atom is 0.0112 e. The zero-order valence-electron chi connectivity index (χ0n) is 12.3. The summed E-state index contributed by atoms with van der Waals surface area (Å²) >= 11 is 1.85. The molecule has 0 saturated carbocycles. The molecule has 104 valence electrons. The van der Waals surface area contributed by atoms with E-state index in [9.17, 15) is 0 Å². The van der Waals surface area contributed by atoms with Gasteiger partial charge in [0, 0.05) is 17.5 Å². The van der Waals surface area contributed by atoms with Crippen molar-refractivity contribution in [1.29, 1.82) is 0 Å². The van der Waals surface area contributed by atoms with Crippen LogP contribution in [0.15, 0.2) is 17.5 Å². The van der Waals surface area contributed by atoms with E-state index in [1.165, 1.54) is 4.88 Å². The molecule has 3 heteroatoms. The smallest absolute Gasteiger partial charge is 0.0112 e. The topological polar surface area (TPSA) is 29.3 Å². The summed E-state index contributed by atoms with van der Waals surface area (Å²) in [5.41, 5.74) is 6.28. The third kappa shape index (κ3) is 4.08. The van der Waals surface area contributed by atoms with Crippen LogP contribution in [0.1, 0.15) is 38.5 Å². The lowest BCUT2D eigenvalue weighted by molar-refractivity contribution is 0.136. The molecule has 0 aliphatic heterocycles. The van der Waals surface area contributed by atoms with Gasteiger partial charge < -0.3 is 10.6 Å². The van der Waals surface area contributed by atoms with Crippen molar-refractivity contribution in [3.05, 3.63) is 22.4 Å². The van der Waals surface area contributed by atoms with Crippen molar-refractivity contribution in [3.8, 4) is 0 Å². The summed E-state index contributed by atoms with van der Waals surface area (Å²) in [4.78, 5) is 3.94. The van der Waals surface area contributed by atoms with E-state index in [0.717, 1.165) is 32.4 Å². The van der Waals surface area contributed by atoms with Crippen LogP contribution in [-0.2, 0) is 6.42 Å². The zero-order chi connectivity index (χ0) is 13.6. The highest BCUT2D eigenvalue weighted by atomic mass is 32.1. The summed E-state index contributed by atoms with van der Waals surface area (Å²) in [6.07, 6.45) is 3.47. The van der Waals surface area contributed by atoms with Gasteiger partial charge in [-0.05, 0) is 56.6 Å². The molecule has 18 heavy (non-hydrogen) atoms. The van der Waals surface area contributed by atoms with Crippen molar-refractivity contribution < 1.29 is 0 Å². The molecule has 2 nitrogen and oxygen atoms in total. The molecule has 0 radical (unpaired) electrons. The number of likely N-dealkylation sites (N-methyl/N-ethyl adjacent to an activating group) is 1. The molecule has 1 heterocycles. The normalized spacial score (nSPS) is 14.1. The van der Waals surface area contributed by atoms with E-state index in [-0.39, 0.29) is 0 Å². The molecule has 1 rings (SSSR count). The standard InChI is InChI=1S/C15H28N2S/c1-5-15(6-2,11-16)12-17(4)13(3)10-14-8-7-9-18-14/h7-9,13H,5-6,10-12,16H2,1-4H3. The summed E-state index contributed by atoms with van der Waals surface area (Å²) in [6.45, 7) is 8.72. The molecular weight excluding hydrogens is 240 g/mol. The largest absolute Gasteiger partial charge is 0.330 e. The third-order valence-electron chi connectivity index (χ3n) is 4.35. The van der Waals surface area contributed by atoms with E-state index < -0.39 is 0 Å². The molecule has 1 atom stereocenters. The van der Waals surface area contributed by atoms with Gasteiger partial charge in [0.05, 0.1) is 0 Å². The van der Waals surface area contributed by atoms with Gasteiger partial charge in [-0.3, -0.25) is 0 Å². The predicted octanol–water partition coefficient (Wildman–Crippen LogP) is 3.38. The van der Waals surface area contributed by atoms with E-state index in [0.29, 0.717) is 11.5 Å². The second-order valence-corrected chi connectivity index (χ2v) is 6.49. The average molecular weight is 268 g/mol. The summed E-state index contributed by atoms with van der Waals surface area (Å²) in [5.74, 6) is 0. The van der Waals surface area contributed by atoms with Crippen LogP contribution in [0.2, 0.25) is 0 Å². The van der Waals surface area contributed by atoms with Crippen LogP contribution in [0.5, 0.6) is 0 Å². The van der Waals surface area contributed by atoms with Crippen molar-refractivity contribution in [3.63, 3.8) is 0 Å².